The number of nitrogens with two attached hydrogens (primary N) is 1. The molecule has 20 heavy (non-hydrogen) atoms. The van der Waals surface area contributed by atoms with Crippen LogP contribution in [0.25, 0.3) is 5.82 Å². The van der Waals surface area contributed by atoms with Crippen LogP contribution in [-0.2, 0) is 12.7 Å². The number of halogens is 4. The largest absolute Gasteiger partial charge is 0.417 e. The first-order valence-electron chi connectivity index (χ1n) is 5.74. The number of aromatic nitrogens is 3. The summed E-state index contributed by atoms with van der Waals surface area (Å²) in [6.45, 7) is 3.82. The van der Waals surface area contributed by atoms with Gasteiger partial charge in [-0.1, -0.05) is 11.6 Å². The van der Waals surface area contributed by atoms with Gasteiger partial charge in [0.15, 0.2) is 5.82 Å². The molecule has 0 aliphatic carbocycles. The lowest BCUT2D eigenvalue weighted by Gasteiger charge is -2.10. The summed E-state index contributed by atoms with van der Waals surface area (Å²) >= 11 is 5.89. The highest BCUT2D eigenvalue weighted by atomic mass is 35.5. The third-order valence-corrected chi connectivity index (χ3v) is 3.27. The molecule has 0 atom stereocenters. The van der Waals surface area contributed by atoms with Crippen molar-refractivity contribution in [1.82, 2.24) is 14.8 Å². The highest BCUT2D eigenvalue weighted by molar-refractivity contribution is 6.32. The number of hydrogen-bond donors (Lipinski definition) is 1. The van der Waals surface area contributed by atoms with E-state index >= 15 is 0 Å². The molecular formula is C12H12ClF3N4. The fraction of sp³-hybridized carbons (Fsp3) is 0.333. The summed E-state index contributed by atoms with van der Waals surface area (Å²) < 4.78 is 39.1. The van der Waals surface area contributed by atoms with E-state index in [1.165, 1.54) is 4.68 Å². The van der Waals surface area contributed by atoms with E-state index in [-0.39, 0.29) is 17.4 Å². The third kappa shape index (κ3) is 2.51. The second-order valence-corrected chi connectivity index (χ2v) is 4.70. The molecule has 2 heterocycles. The lowest BCUT2D eigenvalue weighted by atomic mass is 10.2. The van der Waals surface area contributed by atoms with Crippen LogP contribution < -0.4 is 5.73 Å². The van der Waals surface area contributed by atoms with Gasteiger partial charge in [0.1, 0.15) is 0 Å². The number of nitrogens with zero attached hydrogens (tertiary/aromatic N) is 3. The van der Waals surface area contributed by atoms with Crippen molar-refractivity contribution in [3.8, 4) is 5.82 Å². The van der Waals surface area contributed by atoms with Crippen molar-refractivity contribution in [1.29, 1.82) is 0 Å². The number of pyridine rings is 1. The van der Waals surface area contributed by atoms with E-state index in [0.717, 1.165) is 17.8 Å². The molecule has 0 fully saturated rings. The van der Waals surface area contributed by atoms with E-state index < -0.39 is 11.7 Å². The Labute approximate surface area is 118 Å². The minimum absolute atomic E-state index is 0.117. The zero-order valence-electron chi connectivity index (χ0n) is 10.8. The first-order valence-corrected chi connectivity index (χ1v) is 6.11. The van der Waals surface area contributed by atoms with Gasteiger partial charge in [-0.2, -0.15) is 18.3 Å². The molecule has 8 heteroatoms. The number of hydrogen-bond acceptors (Lipinski definition) is 3. The Bertz CT molecular complexity index is 649. The van der Waals surface area contributed by atoms with Crippen LogP contribution in [0.4, 0.5) is 13.2 Å². The summed E-state index contributed by atoms with van der Waals surface area (Å²) in [6, 6.07) is 0.836. The molecule has 2 N–H and O–H groups in total. The summed E-state index contributed by atoms with van der Waals surface area (Å²) in [7, 11) is 0. The first kappa shape index (κ1) is 14.8. The predicted molar refractivity (Wildman–Crippen MR) is 68.7 cm³/mol. The van der Waals surface area contributed by atoms with Crippen molar-refractivity contribution < 1.29 is 13.2 Å². The highest BCUT2D eigenvalue weighted by Gasteiger charge is 2.32. The molecule has 4 nitrogen and oxygen atoms in total. The maximum atomic E-state index is 12.6. The Morgan fingerprint density at radius 1 is 1.35 bits per heavy atom. The summed E-state index contributed by atoms with van der Waals surface area (Å²) in [5.74, 6) is 0.153. The molecule has 0 aliphatic rings. The maximum absolute atomic E-state index is 12.6. The number of aryl methyl sites for hydroxylation is 1. The Balaban J connectivity index is 2.55. The first-order chi connectivity index (χ1) is 9.25. The molecule has 0 radical (unpaired) electrons. The van der Waals surface area contributed by atoms with E-state index in [1.54, 1.807) is 13.8 Å². The second kappa shape index (κ2) is 5.06. The summed E-state index contributed by atoms with van der Waals surface area (Å²) in [6.07, 6.45) is -3.74. The quantitative estimate of drug-likeness (QED) is 0.928. The van der Waals surface area contributed by atoms with Gasteiger partial charge in [-0.25, -0.2) is 9.67 Å². The summed E-state index contributed by atoms with van der Waals surface area (Å²) in [5, 5.41) is 4.10. The normalized spacial score (nSPS) is 11.9. The minimum Gasteiger partial charge on any atom is -0.326 e. The monoisotopic (exact) mass is 304 g/mol. The van der Waals surface area contributed by atoms with Gasteiger partial charge in [0.2, 0.25) is 0 Å². The van der Waals surface area contributed by atoms with E-state index in [2.05, 4.69) is 10.1 Å². The van der Waals surface area contributed by atoms with Crippen molar-refractivity contribution in [2.45, 2.75) is 26.6 Å². The van der Waals surface area contributed by atoms with Gasteiger partial charge < -0.3 is 5.73 Å². The standard InChI is InChI=1S/C12H12ClF3N4/c1-6-9(4-17)7(2)20(19-6)11-10(13)3-8(5-18-11)12(14,15)16/h3,5H,4,17H2,1-2H3. The van der Waals surface area contributed by atoms with Gasteiger partial charge in [0, 0.05) is 24.0 Å². The molecule has 0 spiro atoms. The van der Waals surface area contributed by atoms with Crippen molar-refractivity contribution in [3.05, 3.63) is 39.8 Å². The molecule has 0 bridgehead atoms. The zero-order valence-corrected chi connectivity index (χ0v) is 11.5. The zero-order chi connectivity index (χ0) is 15.1. The van der Waals surface area contributed by atoms with E-state index in [0.29, 0.717) is 11.4 Å². The molecule has 0 saturated carbocycles. The van der Waals surface area contributed by atoms with E-state index in [9.17, 15) is 13.2 Å². The predicted octanol–water partition coefficient (Wildman–Crippen LogP) is 3.02. The molecule has 0 aromatic carbocycles. The molecule has 0 aliphatic heterocycles. The van der Waals surface area contributed by atoms with Crippen LogP contribution in [0, 0.1) is 13.8 Å². The van der Waals surface area contributed by atoms with Crippen molar-refractivity contribution >= 4 is 11.6 Å². The van der Waals surface area contributed by atoms with Crippen molar-refractivity contribution in [2.75, 3.05) is 0 Å². The molecule has 2 aromatic rings. The molecule has 0 unspecified atom stereocenters. The smallest absolute Gasteiger partial charge is 0.326 e. The van der Waals surface area contributed by atoms with Gasteiger partial charge in [-0.05, 0) is 19.9 Å². The minimum atomic E-state index is -4.48. The summed E-state index contributed by atoms with van der Waals surface area (Å²) in [5.41, 5.74) is 6.94. The molecular weight excluding hydrogens is 293 g/mol. The van der Waals surface area contributed by atoms with Crippen molar-refractivity contribution in [2.24, 2.45) is 5.73 Å². The molecule has 0 amide bonds. The fourth-order valence-electron chi connectivity index (χ4n) is 1.92. The van der Waals surface area contributed by atoms with Gasteiger partial charge in [0.25, 0.3) is 0 Å². The number of rotatable bonds is 2. The summed E-state index contributed by atoms with van der Waals surface area (Å²) in [4.78, 5) is 3.77. The van der Waals surface area contributed by atoms with Crippen LogP contribution in [0.2, 0.25) is 5.02 Å². The van der Waals surface area contributed by atoms with Crippen LogP contribution in [0.5, 0.6) is 0 Å². The van der Waals surface area contributed by atoms with Crippen molar-refractivity contribution in [3.63, 3.8) is 0 Å². The van der Waals surface area contributed by atoms with Crippen LogP contribution in [0.1, 0.15) is 22.5 Å². The lowest BCUT2D eigenvalue weighted by Crippen LogP contribution is -2.09. The van der Waals surface area contributed by atoms with Gasteiger partial charge in [0.05, 0.1) is 16.3 Å². The molecule has 2 aromatic heterocycles. The van der Waals surface area contributed by atoms with Crippen LogP contribution in [0.3, 0.4) is 0 Å². The van der Waals surface area contributed by atoms with Crippen LogP contribution >= 0.6 is 11.6 Å². The van der Waals surface area contributed by atoms with Gasteiger partial charge >= 0.3 is 6.18 Å². The van der Waals surface area contributed by atoms with Crippen LogP contribution in [-0.4, -0.2) is 14.8 Å². The average Bonchev–Trinajstić information content (AvgIpc) is 2.63. The third-order valence-electron chi connectivity index (χ3n) is 3.00. The lowest BCUT2D eigenvalue weighted by molar-refractivity contribution is -0.137. The average molecular weight is 305 g/mol. The molecule has 2 rings (SSSR count). The Morgan fingerprint density at radius 2 is 2.00 bits per heavy atom. The Kier molecular flexibility index (Phi) is 3.75. The van der Waals surface area contributed by atoms with Gasteiger partial charge in [-0.3, -0.25) is 0 Å². The van der Waals surface area contributed by atoms with Crippen LogP contribution in [0.15, 0.2) is 12.3 Å². The van der Waals surface area contributed by atoms with E-state index in [4.69, 9.17) is 17.3 Å². The highest BCUT2D eigenvalue weighted by Crippen LogP contribution is 2.32. The Hall–Kier alpha value is -1.60. The van der Waals surface area contributed by atoms with Gasteiger partial charge in [-0.15, -0.1) is 0 Å². The topological polar surface area (TPSA) is 56.7 Å². The maximum Gasteiger partial charge on any atom is 0.417 e. The fourth-order valence-corrected chi connectivity index (χ4v) is 2.16. The number of alkyl halides is 3. The Morgan fingerprint density at radius 3 is 2.45 bits per heavy atom. The molecule has 108 valence electrons. The molecule has 0 saturated heterocycles. The van der Waals surface area contributed by atoms with E-state index in [1.807, 2.05) is 0 Å². The SMILES string of the molecule is Cc1nn(-c2ncc(C(F)(F)F)cc2Cl)c(C)c1CN. The second-order valence-electron chi connectivity index (χ2n) is 4.29.